The molecule has 0 aliphatic heterocycles. The first-order valence-corrected chi connectivity index (χ1v) is 9.44. The Morgan fingerprint density at radius 2 is 1.87 bits per heavy atom. The van der Waals surface area contributed by atoms with Crippen molar-refractivity contribution in [3.05, 3.63) is 54.1 Å². The van der Waals surface area contributed by atoms with Crippen LogP contribution in [0.1, 0.15) is 32.0 Å². The van der Waals surface area contributed by atoms with Gasteiger partial charge in [-0.25, -0.2) is 14.6 Å². The van der Waals surface area contributed by atoms with Crippen LogP contribution in [0.4, 0.5) is 4.79 Å². The number of esters is 2. The Hall–Kier alpha value is -3.36. The molecule has 1 N–H and O–H groups in total. The van der Waals surface area contributed by atoms with Gasteiger partial charge in [0.1, 0.15) is 24.8 Å². The van der Waals surface area contributed by atoms with Gasteiger partial charge < -0.3 is 24.1 Å². The second-order valence-electron chi connectivity index (χ2n) is 7.61. The van der Waals surface area contributed by atoms with Crippen LogP contribution in [0, 0.1) is 0 Å². The van der Waals surface area contributed by atoms with Crippen LogP contribution in [-0.4, -0.2) is 46.3 Å². The first-order valence-electron chi connectivity index (χ1n) is 9.44. The van der Waals surface area contributed by atoms with Gasteiger partial charge in [0.2, 0.25) is 0 Å². The topological polar surface area (TPSA) is 109 Å². The fraction of sp³-hybridized carbons (Fsp3) is 0.429. The number of hydrogen-bond donors (Lipinski definition) is 1. The van der Waals surface area contributed by atoms with Crippen molar-refractivity contribution in [1.82, 2.24) is 14.9 Å². The quantitative estimate of drug-likeness (QED) is 0.518. The summed E-state index contributed by atoms with van der Waals surface area (Å²) in [5.41, 5.74) is 0.737. The van der Waals surface area contributed by atoms with Crippen molar-refractivity contribution in [1.29, 1.82) is 0 Å². The highest BCUT2D eigenvalue weighted by Crippen LogP contribution is 2.09. The predicted molar refractivity (Wildman–Crippen MR) is 107 cm³/mol. The Morgan fingerprint density at radius 3 is 2.50 bits per heavy atom. The SMILES string of the molecule is COC(=O)C(Cc1cn(CC(=O)OC(C)(C)C)cn1)NC(=O)OCc1ccccc1. The van der Waals surface area contributed by atoms with Crippen molar-refractivity contribution in [2.45, 2.75) is 52.0 Å². The molecule has 0 fully saturated rings. The Morgan fingerprint density at radius 1 is 1.17 bits per heavy atom. The first-order chi connectivity index (χ1) is 14.2. The highest BCUT2D eigenvalue weighted by Gasteiger charge is 2.24. The molecule has 1 aromatic carbocycles. The molecule has 1 amide bonds. The van der Waals surface area contributed by atoms with Crippen molar-refractivity contribution >= 4 is 18.0 Å². The minimum absolute atomic E-state index is 0.0142. The van der Waals surface area contributed by atoms with Crippen molar-refractivity contribution in [3.8, 4) is 0 Å². The fourth-order valence-corrected chi connectivity index (χ4v) is 2.57. The number of hydrogen-bond acceptors (Lipinski definition) is 7. The monoisotopic (exact) mass is 417 g/mol. The highest BCUT2D eigenvalue weighted by atomic mass is 16.6. The van der Waals surface area contributed by atoms with E-state index in [0.29, 0.717) is 5.69 Å². The third-order valence-corrected chi connectivity index (χ3v) is 3.82. The van der Waals surface area contributed by atoms with Gasteiger partial charge in [0.15, 0.2) is 0 Å². The molecule has 0 saturated carbocycles. The van der Waals surface area contributed by atoms with E-state index < -0.39 is 29.7 Å². The van der Waals surface area contributed by atoms with Crippen LogP contribution in [0.5, 0.6) is 0 Å². The lowest BCUT2D eigenvalue weighted by Crippen LogP contribution is -2.43. The molecule has 0 saturated heterocycles. The molecular formula is C21H27N3O6. The lowest BCUT2D eigenvalue weighted by Gasteiger charge is -2.19. The average Bonchev–Trinajstić information content (AvgIpc) is 3.11. The average molecular weight is 417 g/mol. The van der Waals surface area contributed by atoms with Gasteiger partial charge in [-0.2, -0.15) is 0 Å². The van der Waals surface area contributed by atoms with Gasteiger partial charge in [-0.05, 0) is 26.3 Å². The molecule has 1 aromatic heterocycles. The van der Waals surface area contributed by atoms with E-state index >= 15 is 0 Å². The van der Waals surface area contributed by atoms with Gasteiger partial charge >= 0.3 is 18.0 Å². The van der Waals surface area contributed by atoms with Crippen LogP contribution in [0.25, 0.3) is 0 Å². The molecule has 0 spiro atoms. The van der Waals surface area contributed by atoms with E-state index in [0.717, 1.165) is 5.56 Å². The number of ether oxygens (including phenoxy) is 3. The van der Waals surface area contributed by atoms with Crippen LogP contribution in [0.2, 0.25) is 0 Å². The van der Waals surface area contributed by atoms with Gasteiger partial charge in [-0.1, -0.05) is 30.3 Å². The van der Waals surface area contributed by atoms with E-state index in [-0.39, 0.29) is 19.6 Å². The highest BCUT2D eigenvalue weighted by molar-refractivity contribution is 5.81. The van der Waals surface area contributed by atoms with Gasteiger partial charge in [-0.3, -0.25) is 4.79 Å². The summed E-state index contributed by atoms with van der Waals surface area (Å²) < 4.78 is 16.7. The summed E-state index contributed by atoms with van der Waals surface area (Å²) in [5.74, 6) is -1.04. The largest absolute Gasteiger partial charge is 0.467 e. The minimum Gasteiger partial charge on any atom is -0.467 e. The van der Waals surface area contributed by atoms with Crippen molar-refractivity contribution in [2.75, 3.05) is 7.11 Å². The zero-order chi connectivity index (χ0) is 22.1. The number of amides is 1. The van der Waals surface area contributed by atoms with Gasteiger partial charge in [-0.15, -0.1) is 0 Å². The molecule has 9 nitrogen and oxygen atoms in total. The number of methoxy groups -OCH3 is 1. The van der Waals surface area contributed by atoms with E-state index in [2.05, 4.69) is 10.3 Å². The molecule has 1 unspecified atom stereocenters. The Balaban J connectivity index is 1.93. The molecule has 1 heterocycles. The number of alkyl carbamates (subject to hydrolysis) is 1. The molecule has 9 heteroatoms. The van der Waals surface area contributed by atoms with Crippen LogP contribution in [0.15, 0.2) is 42.9 Å². The van der Waals surface area contributed by atoms with Crippen LogP contribution >= 0.6 is 0 Å². The van der Waals surface area contributed by atoms with E-state index in [4.69, 9.17) is 14.2 Å². The number of nitrogens with zero attached hydrogens (tertiary/aromatic N) is 2. The normalized spacial score (nSPS) is 12.0. The Bertz CT molecular complexity index is 857. The molecule has 0 radical (unpaired) electrons. The molecule has 0 aliphatic rings. The third-order valence-electron chi connectivity index (χ3n) is 3.82. The molecule has 1 atom stereocenters. The van der Waals surface area contributed by atoms with E-state index in [1.165, 1.54) is 13.4 Å². The summed E-state index contributed by atoms with van der Waals surface area (Å²) in [6, 6.07) is 8.19. The number of imidazole rings is 1. The Kier molecular flexibility index (Phi) is 7.97. The van der Waals surface area contributed by atoms with Crippen LogP contribution in [0.3, 0.4) is 0 Å². The number of rotatable bonds is 8. The maximum atomic E-state index is 12.1. The number of carbonyl (C=O) groups is 3. The summed E-state index contributed by atoms with van der Waals surface area (Å²) in [4.78, 5) is 40.3. The van der Waals surface area contributed by atoms with E-state index in [1.807, 2.05) is 30.3 Å². The molecule has 162 valence electrons. The maximum Gasteiger partial charge on any atom is 0.408 e. The van der Waals surface area contributed by atoms with Crippen LogP contribution in [-0.2, 0) is 43.4 Å². The molecule has 0 bridgehead atoms. The molecule has 2 rings (SSSR count). The second-order valence-corrected chi connectivity index (χ2v) is 7.61. The van der Waals surface area contributed by atoms with Gasteiger partial charge in [0, 0.05) is 12.6 Å². The number of carbonyl (C=O) groups excluding carboxylic acids is 3. The fourth-order valence-electron chi connectivity index (χ4n) is 2.57. The summed E-state index contributed by atoms with van der Waals surface area (Å²) in [6.45, 7) is 5.42. The van der Waals surface area contributed by atoms with Gasteiger partial charge in [0.05, 0.1) is 19.1 Å². The first kappa shape index (κ1) is 22.9. The smallest absolute Gasteiger partial charge is 0.408 e. The standard InChI is InChI=1S/C21H27N3O6/c1-21(2,3)30-18(25)12-24-11-16(22-14-24)10-17(19(26)28-4)23-20(27)29-13-15-8-6-5-7-9-15/h5-9,11,14,17H,10,12-13H2,1-4H3,(H,23,27). The minimum atomic E-state index is -0.983. The predicted octanol–water partition coefficient (Wildman–Crippen LogP) is 2.24. The summed E-state index contributed by atoms with van der Waals surface area (Å²) in [6.07, 6.45) is 2.40. The van der Waals surface area contributed by atoms with Crippen molar-refractivity contribution < 1.29 is 28.6 Å². The molecule has 30 heavy (non-hydrogen) atoms. The summed E-state index contributed by atoms with van der Waals surface area (Å²) >= 11 is 0. The zero-order valence-corrected chi connectivity index (χ0v) is 17.6. The number of nitrogens with one attached hydrogen (secondary N) is 1. The number of benzene rings is 1. The van der Waals surface area contributed by atoms with E-state index in [9.17, 15) is 14.4 Å². The molecular weight excluding hydrogens is 390 g/mol. The second kappa shape index (κ2) is 10.4. The maximum absolute atomic E-state index is 12.1. The summed E-state index contributed by atoms with van der Waals surface area (Å²) in [5, 5.41) is 2.49. The van der Waals surface area contributed by atoms with Crippen LogP contribution < -0.4 is 5.32 Å². The Labute approximate surface area is 175 Å². The number of aromatic nitrogens is 2. The van der Waals surface area contributed by atoms with E-state index in [1.54, 1.807) is 31.5 Å². The summed E-state index contributed by atoms with van der Waals surface area (Å²) in [7, 11) is 1.23. The third kappa shape index (κ3) is 7.94. The lowest BCUT2D eigenvalue weighted by molar-refractivity contribution is -0.155. The van der Waals surface area contributed by atoms with Crippen molar-refractivity contribution in [2.24, 2.45) is 0 Å². The zero-order valence-electron chi connectivity index (χ0n) is 17.6. The lowest BCUT2D eigenvalue weighted by atomic mass is 10.1. The molecule has 0 aliphatic carbocycles. The van der Waals surface area contributed by atoms with Crippen molar-refractivity contribution in [3.63, 3.8) is 0 Å². The molecule has 2 aromatic rings. The van der Waals surface area contributed by atoms with Gasteiger partial charge in [0.25, 0.3) is 0 Å².